The van der Waals surface area contributed by atoms with Crippen LogP contribution in [0.15, 0.2) is 48.8 Å². The van der Waals surface area contributed by atoms with E-state index in [9.17, 15) is 0 Å². The third-order valence-electron chi connectivity index (χ3n) is 5.19. The van der Waals surface area contributed by atoms with Crippen molar-refractivity contribution in [2.75, 3.05) is 19.6 Å². The lowest BCUT2D eigenvalue weighted by atomic mass is 9.82. The van der Waals surface area contributed by atoms with Crippen molar-refractivity contribution in [2.24, 2.45) is 0 Å². The molecule has 1 aromatic heterocycles. The number of rotatable bonds is 3. The lowest BCUT2D eigenvalue weighted by molar-refractivity contribution is -0.00685. The van der Waals surface area contributed by atoms with Gasteiger partial charge in [0.2, 0.25) is 0 Å². The summed E-state index contributed by atoms with van der Waals surface area (Å²) in [5.74, 6) is 1.07. The first-order valence-electron chi connectivity index (χ1n) is 8.45. The summed E-state index contributed by atoms with van der Waals surface area (Å²) in [6, 6.07) is 13.1. The third kappa shape index (κ3) is 2.15. The normalized spacial score (nSPS) is 23.4. The number of likely N-dealkylation sites (tertiary alicyclic amines) is 1. The molecule has 3 nitrogen and oxygen atoms in total. The maximum Gasteiger partial charge on any atom is 0.136 e. The molecule has 0 bridgehead atoms. The van der Waals surface area contributed by atoms with Gasteiger partial charge in [-0.05, 0) is 31.2 Å². The fourth-order valence-corrected chi connectivity index (χ4v) is 4.16. The van der Waals surface area contributed by atoms with Crippen LogP contribution < -0.4 is 4.74 Å². The molecule has 0 amide bonds. The van der Waals surface area contributed by atoms with Crippen LogP contribution >= 0.6 is 0 Å². The number of hydrogen-bond donors (Lipinski definition) is 0. The molecule has 0 saturated carbocycles. The molecule has 1 atom stereocenters. The van der Waals surface area contributed by atoms with E-state index >= 15 is 0 Å². The summed E-state index contributed by atoms with van der Waals surface area (Å²) in [7, 11) is 0. The van der Waals surface area contributed by atoms with Crippen LogP contribution in [0.3, 0.4) is 0 Å². The van der Waals surface area contributed by atoms with Crippen molar-refractivity contribution in [1.29, 1.82) is 0 Å². The Morgan fingerprint density at radius 1 is 1.09 bits per heavy atom. The maximum atomic E-state index is 6.55. The van der Waals surface area contributed by atoms with Crippen molar-refractivity contribution in [3.8, 4) is 5.75 Å². The van der Waals surface area contributed by atoms with Gasteiger partial charge in [-0.2, -0.15) is 0 Å². The van der Waals surface area contributed by atoms with Crippen molar-refractivity contribution in [3.63, 3.8) is 0 Å². The fourth-order valence-electron chi connectivity index (χ4n) is 4.16. The van der Waals surface area contributed by atoms with E-state index in [2.05, 4.69) is 65.2 Å². The number of benzene rings is 1. The number of fused-ring (bicyclic) bond motifs is 1. The quantitative estimate of drug-likeness (QED) is 0.859. The Balaban J connectivity index is 1.68. The van der Waals surface area contributed by atoms with E-state index in [1.807, 2.05) is 0 Å². The zero-order valence-electron chi connectivity index (χ0n) is 13.2. The summed E-state index contributed by atoms with van der Waals surface area (Å²) < 4.78 is 8.89. The zero-order chi connectivity index (χ0) is 15.0. The summed E-state index contributed by atoms with van der Waals surface area (Å²) >= 11 is 0. The van der Waals surface area contributed by atoms with E-state index in [4.69, 9.17) is 4.74 Å². The second-order valence-corrected chi connectivity index (χ2v) is 6.58. The second kappa shape index (κ2) is 5.47. The van der Waals surface area contributed by atoms with Gasteiger partial charge >= 0.3 is 0 Å². The number of para-hydroxylation sites is 1. The second-order valence-electron chi connectivity index (χ2n) is 6.58. The number of ether oxygens (including phenoxy) is 1. The number of nitrogens with zero attached hydrogens (tertiary/aromatic N) is 2. The predicted octanol–water partition coefficient (Wildman–Crippen LogP) is 3.71. The van der Waals surface area contributed by atoms with E-state index in [0.29, 0.717) is 6.04 Å². The molecule has 0 N–H and O–H groups in total. The van der Waals surface area contributed by atoms with Gasteiger partial charge in [-0.1, -0.05) is 25.1 Å². The van der Waals surface area contributed by atoms with Crippen LogP contribution in [0.2, 0.25) is 0 Å². The standard InChI is InChI=1S/C19H24N2O/c1-2-11-20-14-9-19(10-15-20)18(21-12-5-6-13-21)16-7-3-4-8-17(16)22-19/h3-8,12-13,18H,2,9-11,14-15H2,1H3/t18-/m0/s1. The summed E-state index contributed by atoms with van der Waals surface area (Å²) in [6.07, 6.45) is 7.79. The molecule has 1 fully saturated rings. The molecule has 22 heavy (non-hydrogen) atoms. The lowest BCUT2D eigenvalue weighted by Gasteiger charge is -2.42. The summed E-state index contributed by atoms with van der Waals surface area (Å²) in [5.41, 5.74) is 1.26. The van der Waals surface area contributed by atoms with E-state index in [1.165, 1.54) is 18.5 Å². The minimum atomic E-state index is -0.0764. The van der Waals surface area contributed by atoms with Crippen LogP contribution in [-0.2, 0) is 0 Å². The Labute approximate surface area is 132 Å². The van der Waals surface area contributed by atoms with Crippen LogP contribution in [-0.4, -0.2) is 34.7 Å². The van der Waals surface area contributed by atoms with Gasteiger partial charge in [-0.15, -0.1) is 0 Å². The highest BCUT2D eigenvalue weighted by molar-refractivity contribution is 5.43. The van der Waals surface area contributed by atoms with Gasteiger partial charge in [-0.3, -0.25) is 0 Å². The molecule has 2 aliphatic rings. The van der Waals surface area contributed by atoms with Crippen LogP contribution in [0.4, 0.5) is 0 Å². The van der Waals surface area contributed by atoms with Gasteiger partial charge < -0.3 is 14.2 Å². The predicted molar refractivity (Wildman–Crippen MR) is 88.3 cm³/mol. The molecule has 3 heterocycles. The molecule has 4 rings (SSSR count). The Morgan fingerprint density at radius 3 is 2.55 bits per heavy atom. The smallest absolute Gasteiger partial charge is 0.136 e. The monoisotopic (exact) mass is 296 g/mol. The summed E-state index contributed by atoms with van der Waals surface area (Å²) in [6.45, 7) is 5.74. The van der Waals surface area contributed by atoms with Crippen molar-refractivity contribution in [2.45, 2.75) is 37.8 Å². The Morgan fingerprint density at radius 2 is 1.82 bits per heavy atom. The first-order chi connectivity index (χ1) is 10.8. The largest absolute Gasteiger partial charge is 0.484 e. The zero-order valence-corrected chi connectivity index (χ0v) is 13.2. The average Bonchev–Trinajstić information content (AvgIpc) is 3.15. The van der Waals surface area contributed by atoms with E-state index in [0.717, 1.165) is 31.7 Å². The van der Waals surface area contributed by atoms with Crippen molar-refractivity contribution in [3.05, 3.63) is 54.4 Å². The van der Waals surface area contributed by atoms with Crippen molar-refractivity contribution >= 4 is 0 Å². The number of piperidine rings is 1. The Kier molecular flexibility index (Phi) is 3.45. The highest BCUT2D eigenvalue weighted by Gasteiger charge is 2.50. The first-order valence-corrected chi connectivity index (χ1v) is 8.45. The maximum absolute atomic E-state index is 6.55. The topological polar surface area (TPSA) is 17.4 Å². The van der Waals surface area contributed by atoms with Crippen LogP contribution in [0, 0.1) is 0 Å². The molecule has 116 valence electrons. The van der Waals surface area contributed by atoms with Gasteiger partial charge in [0.15, 0.2) is 0 Å². The fraction of sp³-hybridized carbons (Fsp3) is 0.474. The molecule has 0 unspecified atom stereocenters. The van der Waals surface area contributed by atoms with E-state index in [1.54, 1.807) is 0 Å². The van der Waals surface area contributed by atoms with E-state index < -0.39 is 0 Å². The first kappa shape index (κ1) is 13.9. The molecule has 1 aromatic carbocycles. The van der Waals surface area contributed by atoms with E-state index in [-0.39, 0.29) is 5.60 Å². The van der Waals surface area contributed by atoms with Crippen molar-refractivity contribution in [1.82, 2.24) is 9.47 Å². The van der Waals surface area contributed by atoms with Gasteiger partial charge in [0.05, 0.1) is 0 Å². The molecule has 2 aromatic rings. The van der Waals surface area contributed by atoms with Crippen molar-refractivity contribution < 1.29 is 4.74 Å². The van der Waals surface area contributed by atoms with Crippen LogP contribution in [0.25, 0.3) is 0 Å². The summed E-state index contributed by atoms with van der Waals surface area (Å²) in [4.78, 5) is 2.57. The SMILES string of the molecule is CCCN1CCC2(CC1)Oc1ccccc1[C@@H]2n1cccc1. The third-order valence-corrected chi connectivity index (χ3v) is 5.19. The minimum Gasteiger partial charge on any atom is -0.484 e. The average molecular weight is 296 g/mol. The summed E-state index contributed by atoms with van der Waals surface area (Å²) in [5, 5.41) is 0. The molecule has 2 aliphatic heterocycles. The molecule has 0 radical (unpaired) electrons. The van der Waals surface area contributed by atoms with Gasteiger partial charge in [0.1, 0.15) is 17.4 Å². The Hall–Kier alpha value is -1.74. The highest BCUT2D eigenvalue weighted by atomic mass is 16.5. The molecular weight excluding hydrogens is 272 g/mol. The van der Waals surface area contributed by atoms with Gasteiger partial charge in [-0.25, -0.2) is 0 Å². The number of hydrogen-bond acceptors (Lipinski definition) is 2. The minimum absolute atomic E-state index is 0.0764. The molecule has 3 heteroatoms. The van der Waals surface area contributed by atoms with Gasteiger partial charge in [0.25, 0.3) is 0 Å². The Bertz CT molecular complexity index is 627. The highest BCUT2D eigenvalue weighted by Crippen LogP contribution is 2.50. The molecule has 1 spiro atoms. The molecular formula is C19H24N2O. The van der Waals surface area contributed by atoms with Crippen LogP contribution in [0.5, 0.6) is 5.75 Å². The van der Waals surface area contributed by atoms with Gasteiger partial charge in [0, 0.05) is 43.9 Å². The molecule has 0 aliphatic carbocycles. The number of aromatic nitrogens is 1. The van der Waals surface area contributed by atoms with Crippen LogP contribution in [0.1, 0.15) is 37.8 Å². The molecule has 1 saturated heterocycles. The lowest BCUT2D eigenvalue weighted by Crippen LogP contribution is -2.50.